The van der Waals surface area contributed by atoms with Crippen molar-refractivity contribution in [2.24, 2.45) is 0 Å². The van der Waals surface area contributed by atoms with Crippen LogP contribution in [0.4, 0.5) is 0 Å². The van der Waals surface area contributed by atoms with Crippen molar-refractivity contribution in [2.75, 3.05) is 0 Å². The van der Waals surface area contributed by atoms with Gasteiger partial charge in [-0.1, -0.05) is 0 Å². The Labute approximate surface area is 51.8 Å². The van der Waals surface area contributed by atoms with E-state index in [0.717, 1.165) is 6.92 Å². The molecule has 0 radical (unpaired) electrons. The second-order valence-electron chi connectivity index (χ2n) is 0.706. The van der Waals surface area contributed by atoms with Crippen LogP contribution >= 0.6 is 0 Å². The van der Waals surface area contributed by atoms with E-state index in [1.807, 2.05) is 0 Å². The molecule has 0 aromatic rings. The maximum Gasteiger partial charge on any atom is 0.310 e. The Hall–Kier alpha value is -0.328. The van der Waals surface area contributed by atoms with Crippen LogP contribution in [0.5, 0.6) is 0 Å². The van der Waals surface area contributed by atoms with Crippen molar-refractivity contribution in [2.45, 2.75) is 6.92 Å². The van der Waals surface area contributed by atoms with E-state index in [4.69, 9.17) is 0 Å². The largest absolute Gasteiger partial charge is 0.396 e. The first kappa shape index (κ1) is 9.83. The van der Waals surface area contributed by atoms with Gasteiger partial charge in [0.15, 0.2) is 17.4 Å². The summed E-state index contributed by atoms with van der Waals surface area (Å²) < 4.78 is 3.72. The van der Waals surface area contributed by atoms with Gasteiger partial charge in [0.05, 0.1) is 0 Å². The van der Waals surface area contributed by atoms with E-state index >= 15 is 0 Å². The molecule has 0 bridgehead atoms. The van der Waals surface area contributed by atoms with Gasteiger partial charge in [0.25, 0.3) is 0 Å². The molecule has 0 aromatic carbocycles. The summed E-state index contributed by atoms with van der Waals surface area (Å²) in [4.78, 5) is 18.8. The molecule has 0 atom stereocenters. The Morgan fingerprint density at radius 3 is 2.14 bits per heavy atom. The molecule has 7 heavy (non-hydrogen) atoms. The van der Waals surface area contributed by atoms with Crippen LogP contribution in [0.1, 0.15) is 6.92 Å². The molecule has 0 aliphatic heterocycles. The number of carbonyl (C=O) groups is 2. The van der Waals surface area contributed by atoms with Gasteiger partial charge in [-0.2, -0.15) is 0 Å². The lowest BCUT2D eigenvalue weighted by Crippen LogP contribution is -1.93. The topological polar surface area (TPSA) is 43.4 Å². The Morgan fingerprint density at radius 2 is 2.14 bits per heavy atom. The predicted molar refractivity (Wildman–Crippen MR) is 27.8 cm³/mol. The Kier molecular flexibility index (Phi) is 7.97. The van der Waals surface area contributed by atoms with Crippen molar-refractivity contribution in [3.05, 3.63) is 0 Å². The normalized spacial score (nSPS) is 5.86. The number of hydrogen-bond donors (Lipinski definition) is 0. The standard InChI is InChI=1S/C3H4O3.Al.3H/c1-3(5)6-2-4;;;;/h2H,1H3;;;;. The van der Waals surface area contributed by atoms with Gasteiger partial charge in [0, 0.05) is 6.92 Å². The van der Waals surface area contributed by atoms with E-state index in [9.17, 15) is 9.59 Å². The molecular formula is C3H7AlO3. The fraction of sp³-hybridized carbons (Fsp3) is 0.333. The van der Waals surface area contributed by atoms with E-state index < -0.39 is 5.97 Å². The van der Waals surface area contributed by atoms with Crippen LogP contribution in [0, 0.1) is 0 Å². The minimum atomic E-state index is -0.579. The van der Waals surface area contributed by atoms with Gasteiger partial charge in [-0.15, -0.1) is 0 Å². The van der Waals surface area contributed by atoms with E-state index in [0.29, 0.717) is 0 Å². The van der Waals surface area contributed by atoms with Gasteiger partial charge in [-0.3, -0.25) is 9.59 Å². The fourth-order valence-corrected chi connectivity index (χ4v) is 0.0678. The average molecular weight is 118 g/mol. The van der Waals surface area contributed by atoms with Gasteiger partial charge < -0.3 is 4.74 Å². The highest BCUT2D eigenvalue weighted by molar-refractivity contribution is 5.75. The lowest BCUT2D eigenvalue weighted by Gasteiger charge is -1.78. The third-order valence-corrected chi connectivity index (χ3v) is 0.214. The monoisotopic (exact) mass is 118 g/mol. The van der Waals surface area contributed by atoms with Crippen LogP contribution in [0.3, 0.4) is 0 Å². The molecule has 0 fully saturated rings. The van der Waals surface area contributed by atoms with Crippen molar-refractivity contribution in [1.82, 2.24) is 0 Å². The second-order valence-corrected chi connectivity index (χ2v) is 0.706. The molecule has 0 N–H and O–H groups in total. The zero-order chi connectivity index (χ0) is 4.99. The molecule has 0 amide bonds. The van der Waals surface area contributed by atoms with Gasteiger partial charge in [-0.05, 0) is 0 Å². The maximum atomic E-state index is 9.59. The van der Waals surface area contributed by atoms with Gasteiger partial charge in [0.2, 0.25) is 0 Å². The van der Waals surface area contributed by atoms with E-state index in [-0.39, 0.29) is 23.8 Å². The Morgan fingerprint density at radius 1 is 1.71 bits per heavy atom. The van der Waals surface area contributed by atoms with E-state index in [2.05, 4.69) is 4.74 Å². The summed E-state index contributed by atoms with van der Waals surface area (Å²) in [6.07, 6.45) is 0. The SMILES string of the molecule is CC(=O)OC=O.[AlH3]. The summed E-state index contributed by atoms with van der Waals surface area (Å²) in [6.45, 7) is 1.26. The highest BCUT2D eigenvalue weighted by Gasteiger charge is 1.82. The highest BCUT2D eigenvalue weighted by Crippen LogP contribution is 1.62. The van der Waals surface area contributed by atoms with Crippen LogP contribution in [0.15, 0.2) is 0 Å². The minimum absolute atomic E-state index is 0. The molecule has 0 spiro atoms. The number of ether oxygens (including phenoxy) is 1. The molecule has 0 saturated heterocycles. The summed E-state index contributed by atoms with van der Waals surface area (Å²) in [5.41, 5.74) is 0. The third-order valence-electron chi connectivity index (χ3n) is 0.214. The second kappa shape index (κ2) is 5.67. The van der Waals surface area contributed by atoms with Crippen LogP contribution in [0.2, 0.25) is 0 Å². The first-order valence-electron chi connectivity index (χ1n) is 1.38. The molecule has 0 rings (SSSR count). The summed E-state index contributed by atoms with van der Waals surface area (Å²) in [5.74, 6) is -0.579. The number of hydrogen-bond acceptors (Lipinski definition) is 3. The number of carbonyl (C=O) groups excluding carboxylic acids is 2. The maximum absolute atomic E-state index is 9.59. The molecule has 3 nitrogen and oxygen atoms in total. The first-order chi connectivity index (χ1) is 2.77. The molecule has 0 aliphatic carbocycles. The fourth-order valence-electron chi connectivity index (χ4n) is 0.0678. The smallest absolute Gasteiger partial charge is 0.310 e. The molecule has 0 unspecified atom stereocenters. The summed E-state index contributed by atoms with van der Waals surface area (Å²) in [6, 6.07) is 0. The lowest BCUT2D eigenvalue weighted by atomic mass is 10.8. The minimum Gasteiger partial charge on any atom is -0.396 e. The van der Waals surface area contributed by atoms with Crippen molar-refractivity contribution in [3.8, 4) is 0 Å². The zero-order valence-electron chi connectivity index (χ0n) is 3.30. The molecule has 0 heterocycles. The third kappa shape index (κ3) is 10.7. The van der Waals surface area contributed by atoms with Crippen molar-refractivity contribution in [3.63, 3.8) is 0 Å². The highest BCUT2D eigenvalue weighted by atomic mass is 27.0. The van der Waals surface area contributed by atoms with Gasteiger partial charge >= 0.3 is 12.4 Å². The number of esters is 1. The van der Waals surface area contributed by atoms with Crippen molar-refractivity contribution >= 4 is 29.8 Å². The van der Waals surface area contributed by atoms with E-state index in [1.165, 1.54) is 0 Å². The summed E-state index contributed by atoms with van der Waals surface area (Å²) in [7, 11) is 0. The summed E-state index contributed by atoms with van der Waals surface area (Å²) in [5, 5.41) is 0. The molecule has 4 heteroatoms. The molecule has 0 aliphatic rings. The van der Waals surface area contributed by atoms with Gasteiger partial charge in [-0.25, -0.2) is 0 Å². The van der Waals surface area contributed by atoms with Crippen LogP contribution in [0.25, 0.3) is 0 Å². The quantitative estimate of drug-likeness (QED) is 0.182. The summed E-state index contributed by atoms with van der Waals surface area (Å²) >= 11 is 0. The first-order valence-corrected chi connectivity index (χ1v) is 1.38. The van der Waals surface area contributed by atoms with Crippen molar-refractivity contribution in [1.29, 1.82) is 0 Å². The van der Waals surface area contributed by atoms with Gasteiger partial charge in [0.1, 0.15) is 0 Å². The van der Waals surface area contributed by atoms with Crippen molar-refractivity contribution < 1.29 is 14.3 Å². The average Bonchev–Trinajstić information content (AvgIpc) is 1.35. The van der Waals surface area contributed by atoms with Crippen LogP contribution in [-0.4, -0.2) is 29.8 Å². The van der Waals surface area contributed by atoms with Crippen LogP contribution < -0.4 is 0 Å². The molecule has 0 aromatic heterocycles. The predicted octanol–water partition coefficient (Wildman–Crippen LogP) is -1.48. The lowest BCUT2D eigenvalue weighted by molar-refractivity contribution is -0.149. The molecule has 40 valence electrons. The Bertz CT molecular complexity index is 70.6. The van der Waals surface area contributed by atoms with E-state index in [1.54, 1.807) is 0 Å². The number of rotatable bonds is 1. The molecular weight excluding hydrogens is 111 g/mol. The Balaban J connectivity index is 0. The van der Waals surface area contributed by atoms with Crippen LogP contribution in [-0.2, 0) is 14.3 Å². The molecule has 0 saturated carbocycles. The zero-order valence-corrected chi connectivity index (χ0v) is 3.30.